The third kappa shape index (κ3) is 3.11. The van der Waals surface area contributed by atoms with Crippen LogP contribution in [-0.2, 0) is 14.3 Å². The first-order valence-electron chi connectivity index (χ1n) is 13.3. The molecule has 6 atom stereocenters. The zero-order valence-corrected chi connectivity index (χ0v) is 20.2. The Hall–Kier alpha value is -1.16. The second-order valence-corrected chi connectivity index (χ2v) is 12.6. The summed E-state index contributed by atoms with van der Waals surface area (Å²) in [5, 5.41) is 11.1. The zero-order chi connectivity index (χ0) is 22.8. The van der Waals surface area contributed by atoms with Crippen molar-refractivity contribution in [2.75, 3.05) is 6.61 Å². The lowest BCUT2D eigenvalue weighted by Crippen LogP contribution is -2.60. The van der Waals surface area contributed by atoms with Gasteiger partial charge in [-0.15, -0.1) is 0 Å². The Morgan fingerprint density at radius 2 is 1.72 bits per heavy atom. The normalized spacial score (nSPS) is 46.5. The summed E-state index contributed by atoms with van der Waals surface area (Å²) in [6.07, 6.45) is 14.2. The maximum absolute atomic E-state index is 13.5. The molecule has 0 aromatic heterocycles. The van der Waals surface area contributed by atoms with Gasteiger partial charge in [0.2, 0.25) is 0 Å². The quantitative estimate of drug-likeness (QED) is 0.444. The molecule has 5 aliphatic rings. The van der Waals surface area contributed by atoms with Crippen LogP contribution in [0.4, 0.5) is 0 Å². The second-order valence-electron chi connectivity index (χ2n) is 12.6. The van der Waals surface area contributed by atoms with Gasteiger partial charge in [0.25, 0.3) is 0 Å². The van der Waals surface area contributed by atoms with Crippen LogP contribution in [0, 0.1) is 34.0 Å². The summed E-state index contributed by atoms with van der Waals surface area (Å²) in [6.45, 7) is 9.06. The minimum atomic E-state index is -0.993. The monoisotopic (exact) mass is 442 g/mol. The Balaban J connectivity index is 1.34. The first-order valence-corrected chi connectivity index (χ1v) is 13.3. The van der Waals surface area contributed by atoms with Crippen LogP contribution in [0.25, 0.3) is 0 Å². The van der Waals surface area contributed by atoms with E-state index in [1.54, 1.807) is 0 Å². The summed E-state index contributed by atoms with van der Waals surface area (Å²) < 4.78 is 5.97. The third-order valence-corrected chi connectivity index (χ3v) is 11.0. The largest absolute Gasteiger partial charge is 0.465 e. The molecule has 0 saturated heterocycles. The van der Waals surface area contributed by atoms with Crippen LogP contribution in [-0.4, -0.2) is 29.1 Å². The summed E-state index contributed by atoms with van der Waals surface area (Å²) in [5.74, 6) is 1.31. The maximum Gasteiger partial charge on any atom is 0.312 e. The summed E-state index contributed by atoms with van der Waals surface area (Å²) in [7, 11) is 0. The van der Waals surface area contributed by atoms with Gasteiger partial charge < -0.3 is 9.84 Å². The van der Waals surface area contributed by atoms with Crippen molar-refractivity contribution in [3.8, 4) is 0 Å². The van der Waals surface area contributed by atoms with Gasteiger partial charge in [0.1, 0.15) is 0 Å². The smallest absolute Gasteiger partial charge is 0.312 e. The van der Waals surface area contributed by atoms with Crippen molar-refractivity contribution in [2.24, 2.45) is 34.0 Å². The van der Waals surface area contributed by atoms with Crippen LogP contribution >= 0.6 is 0 Å². The Labute approximate surface area is 193 Å². The molecule has 5 fully saturated rings. The number of hydrogen-bond donors (Lipinski definition) is 1. The maximum atomic E-state index is 13.5. The van der Waals surface area contributed by atoms with E-state index in [0.717, 1.165) is 50.9 Å². The van der Waals surface area contributed by atoms with Crippen molar-refractivity contribution >= 4 is 11.8 Å². The second kappa shape index (κ2) is 7.68. The number of hydrogen-bond acceptors (Lipinski definition) is 4. The van der Waals surface area contributed by atoms with Gasteiger partial charge in [-0.05, 0) is 81.5 Å². The Kier molecular flexibility index (Phi) is 5.43. The number of Topliss-reactive ketones (excluding diaryl/α,β-unsaturated/α-hetero) is 1. The standard InChI is InChI=1S/C28H42O4/c1-19-23(29)27-15-10-21-25(2,22(27)11-16-28(19,31)18-27)13-7-14-26(21,3)24(30)32-17-12-20-8-5-4-6-9-20/h20-22,31H,1,4-18H2,2-3H3/t21-,22-,25+,26+,27+,28-/m0/s1. The molecule has 5 rings (SSSR count). The van der Waals surface area contributed by atoms with Crippen LogP contribution < -0.4 is 0 Å². The molecule has 32 heavy (non-hydrogen) atoms. The number of ketones is 1. The first-order chi connectivity index (χ1) is 15.2. The lowest BCUT2D eigenvalue weighted by Gasteiger charge is -2.63. The van der Waals surface area contributed by atoms with Crippen molar-refractivity contribution in [3.05, 3.63) is 12.2 Å². The fourth-order valence-corrected chi connectivity index (χ4v) is 9.32. The molecular formula is C28H42O4. The number of rotatable bonds is 4. The molecule has 0 aliphatic heterocycles. The van der Waals surface area contributed by atoms with E-state index in [2.05, 4.69) is 20.4 Å². The molecule has 5 aliphatic carbocycles. The molecule has 0 unspecified atom stereocenters. The van der Waals surface area contributed by atoms with Gasteiger partial charge in [0, 0.05) is 11.0 Å². The SMILES string of the molecule is C=C1C(=O)[C@@]23CC[C@H]4[C@@](C)(CCC[C@@]4(C)C(=O)OCCC4CCCCC4)[C@@H]2CC[C@]1(O)C3. The molecule has 4 heteroatoms. The first kappa shape index (κ1) is 22.6. The molecule has 0 heterocycles. The highest BCUT2D eigenvalue weighted by Crippen LogP contribution is 2.71. The summed E-state index contributed by atoms with van der Waals surface area (Å²) in [6, 6.07) is 0. The average Bonchev–Trinajstić information content (AvgIpc) is 2.90. The van der Waals surface area contributed by atoms with Gasteiger partial charge in [-0.1, -0.05) is 52.0 Å². The van der Waals surface area contributed by atoms with Crippen molar-refractivity contribution < 1.29 is 19.4 Å². The lowest BCUT2D eigenvalue weighted by molar-refractivity contribution is -0.191. The molecule has 0 aromatic carbocycles. The van der Waals surface area contributed by atoms with Crippen LogP contribution in [0.2, 0.25) is 0 Å². The van der Waals surface area contributed by atoms with Crippen molar-refractivity contribution in [1.82, 2.24) is 0 Å². The molecule has 1 spiro atoms. The van der Waals surface area contributed by atoms with E-state index in [9.17, 15) is 14.7 Å². The van der Waals surface area contributed by atoms with Gasteiger partial charge in [-0.3, -0.25) is 9.59 Å². The number of esters is 1. The molecule has 0 aromatic rings. The van der Waals surface area contributed by atoms with E-state index < -0.39 is 16.4 Å². The number of aliphatic hydroxyl groups is 1. The molecule has 1 N–H and O–H groups in total. The highest BCUT2D eigenvalue weighted by atomic mass is 16.5. The molecule has 2 bridgehead atoms. The fourth-order valence-electron chi connectivity index (χ4n) is 9.32. The van der Waals surface area contributed by atoms with Gasteiger partial charge in [-0.25, -0.2) is 0 Å². The molecule has 0 radical (unpaired) electrons. The summed E-state index contributed by atoms with van der Waals surface area (Å²) in [5.41, 5.74) is -1.53. The predicted octanol–water partition coefficient (Wildman–Crippen LogP) is 5.76. The number of carbonyl (C=O) groups is 2. The molecule has 178 valence electrons. The van der Waals surface area contributed by atoms with Crippen LogP contribution in [0.15, 0.2) is 12.2 Å². The van der Waals surface area contributed by atoms with Crippen molar-refractivity contribution in [1.29, 1.82) is 0 Å². The van der Waals surface area contributed by atoms with Gasteiger partial charge >= 0.3 is 5.97 Å². The highest BCUT2D eigenvalue weighted by molar-refractivity contribution is 6.04. The van der Waals surface area contributed by atoms with E-state index >= 15 is 0 Å². The highest BCUT2D eigenvalue weighted by Gasteiger charge is 2.71. The lowest BCUT2D eigenvalue weighted by atomic mass is 9.40. The summed E-state index contributed by atoms with van der Waals surface area (Å²) >= 11 is 0. The Morgan fingerprint density at radius 1 is 1.00 bits per heavy atom. The minimum Gasteiger partial charge on any atom is -0.465 e. The van der Waals surface area contributed by atoms with E-state index in [4.69, 9.17) is 4.74 Å². The van der Waals surface area contributed by atoms with Crippen LogP contribution in [0.3, 0.4) is 0 Å². The number of fused-ring (bicyclic) bond motifs is 3. The van der Waals surface area contributed by atoms with Gasteiger partial charge in [0.15, 0.2) is 5.78 Å². The number of ether oxygens (including phenoxy) is 1. The van der Waals surface area contributed by atoms with Crippen LogP contribution in [0.5, 0.6) is 0 Å². The Morgan fingerprint density at radius 3 is 2.47 bits per heavy atom. The van der Waals surface area contributed by atoms with Crippen molar-refractivity contribution in [3.63, 3.8) is 0 Å². The van der Waals surface area contributed by atoms with E-state index in [1.807, 2.05) is 0 Å². The third-order valence-electron chi connectivity index (χ3n) is 11.0. The fraction of sp³-hybridized carbons (Fsp3) is 0.857. The zero-order valence-electron chi connectivity index (χ0n) is 20.2. The van der Waals surface area contributed by atoms with Gasteiger partial charge in [0.05, 0.1) is 17.6 Å². The van der Waals surface area contributed by atoms with Gasteiger partial charge in [-0.2, -0.15) is 0 Å². The number of carbonyl (C=O) groups excluding carboxylic acids is 2. The average molecular weight is 443 g/mol. The predicted molar refractivity (Wildman–Crippen MR) is 124 cm³/mol. The van der Waals surface area contributed by atoms with E-state index in [0.29, 0.717) is 25.0 Å². The minimum absolute atomic E-state index is 0.00495. The Bertz CT molecular complexity index is 812. The van der Waals surface area contributed by atoms with Crippen LogP contribution in [0.1, 0.15) is 104 Å². The van der Waals surface area contributed by atoms with E-state index in [1.165, 1.54) is 32.1 Å². The molecule has 5 saturated carbocycles. The molecular weight excluding hydrogens is 400 g/mol. The van der Waals surface area contributed by atoms with Crippen molar-refractivity contribution in [2.45, 2.75) is 109 Å². The summed E-state index contributed by atoms with van der Waals surface area (Å²) in [4.78, 5) is 26.9. The van der Waals surface area contributed by atoms with E-state index in [-0.39, 0.29) is 29.0 Å². The molecule has 4 nitrogen and oxygen atoms in total. The molecule has 0 amide bonds. The topological polar surface area (TPSA) is 63.6 Å².